The number of nitrogens with one attached hydrogen (secondary N) is 2. The van der Waals surface area contributed by atoms with Gasteiger partial charge in [0.15, 0.2) is 0 Å². The summed E-state index contributed by atoms with van der Waals surface area (Å²) in [5.41, 5.74) is 2.21. The Bertz CT molecular complexity index is 324. The summed E-state index contributed by atoms with van der Waals surface area (Å²) >= 11 is 0. The van der Waals surface area contributed by atoms with Crippen molar-refractivity contribution in [2.24, 2.45) is 0 Å². The van der Waals surface area contributed by atoms with Crippen molar-refractivity contribution in [1.29, 1.82) is 0 Å². The average Bonchev–Trinajstić information content (AvgIpc) is 2.19. The molecule has 0 radical (unpaired) electrons. The standard InChI is InChI=1S/C11H15FN2.ClH/c1-8-6-9(12)2-3-10(8)11-7-13-4-5-14-11;/h2-3,6,11,13-14H,4-5,7H2,1H3;1H/t11-;/m1./s1. The summed E-state index contributed by atoms with van der Waals surface area (Å²) in [4.78, 5) is 0. The van der Waals surface area contributed by atoms with Gasteiger partial charge in [0.05, 0.1) is 0 Å². The molecule has 0 aliphatic carbocycles. The minimum absolute atomic E-state index is 0. The lowest BCUT2D eigenvalue weighted by Gasteiger charge is -2.26. The van der Waals surface area contributed by atoms with E-state index in [0.717, 1.165) is 25.2 Å². The SMILES string of the molecule is Cc1cc(F)ccc1[C@H]1CNCCN1.Cl. The Morgan fingerprint density at radius 2 is 2.13 bits per heavy atom. The molecule has 4 heteroatoms. The summed E-state index contributed by atoms with van der Waals surface area (Å²) in [5, 5.41) is 6.73. The van der Waals surface area contributed by atoms with Gasteiger partial charge >= 0.3 is 0 Å². The summed E-state index contributed by atoms with van der Waals surface area (Å²) in [6.07, 6.45) is 0. The van der Waals surface area contributed by atoms with Gasteiger partial charge in [-0.15, -0.1) is 12.4 Å². The zero-order valence-electron chi connectivity index (χ0n) is 8.72. The van der Waals surface area contributed by atoms with Crippen LogP contribution in [0.25, 0.3) is 0 Å². The topological polar surface area (TPSA) is 24.1 Å². The molecule has 1 saturated heterocycles. The van der Waals surface area contributed by atoms with Crippen LogP contribution in [0.3, 0.4) is 0 Å². The van der Waals surface area contributed by atoms with E-state index in [4.69, 9.17) is 0 Å². The number of hydrogen-bond donors (Lipinski definition) is 2. The van der Waals surface area contributed by atoms with E-state index in [9.17, 15) is 4.39 Å². The van der Waals surface area contributed by atoms with Gasteiger partial charge in [-0.05, 0) is 30.2 Å². The van der Waals surface area contributed by atoms with Crippen LogP contribution in [0.1, 0.15) is 17.2 Å². The van der Waals surface area contributed by atoms with Gasteiger partial charge in [-0.3, -0.25) is 0 Å². The third kappa shape index (κ3) is 2.91. The molecule has 1 aromatic carbocycles. The maximum Gasteiger partial charge on any atom is 0.123 e. The van der Waals surface area contributed by atoms with Crippen LogP contribution in [-0.2, 0) is 0 Å². The van der Waals surface area contributed by atoms with Crippen LogP contribution >= 0.6 is 12.4 Å². The fraction of sp³-hybridized carbons (Fsp3) is 0.455. The fourth-order valence-corrected chi connectivity index (χ4v) is 1.90. The molecule has 0 bridgehead atoms. The molecule has 1 aromatic rings. The molecule has 15 heavy (non-hydrogen) atoms. The highest BCUT2D eigenvalue weighted by Gasteiger charge is 2.15. The quantitative estimate of drug-likeness (QED) is 0.769. The highest BCUT2D eigenvalue weighted by molar-refractivity contribution is 5.85. The molecule has 0 unspecified atom stereocenters. The highest BCUT2D eigenvalue weighted by Crippen LogP contribution is 2.18. The van der Waals surface area contributed by atoms with Gasteiger partial charge in [-0.1, -0.05) is 6.07 Å². The third-order valence-electron chi connectivity index (χ3n) is 2.65. The van der Waals surface area contributed by atoms with E-state index in [0.29, 0.717) is 6.04 Å². The van der Waals surface area contributed by atoms with E-state index in [1.165, 1.54) is 11.6 Å². The molecular weight excluding hydrogens is 215 g/mol. The van der Waals surface area contributed by atoms with E-state index >= 15 is 0 Å². The average molecular weight is 231 g/mol. The first-order chi connectivity index (χ1) is 6.77. The molecule has 0 aromatic heterocycles. The molecule has 1 aliphatic heterocycles. The Labute approximate surface area is 95.7 Å². The lowest BCUT2D eigenvalue weighted by molar-refractivity contribution is 0.428. The molecule has 0 spiro atoms. The van der Waals surface area contributed by atoms with Gasteiger partial charge in [0.2, 0.25) is 0 Å². The summed E-state index contributed by atoms with van der Waals surface area (Å²) in [6.45, 7) is 4.86. The first kappa shape index (κ1) is 12.4. The minimum Gasteiger partial charge on any atom is -0.314 e. The minimum atomic E-state index is -0.157. The summed E-state index contributed by atoms with van der Waals surface area (Å²) in [6, 6.07) is 5.31. The van der Waals surface area contributed by atoms with Crippen LogP contribution in [-0.4, -0.2) is 19.6 Å². The second-order valence-electron chi connectivity index (χ2n) is 3.71. The number of benzene rings is 1. The third-order valence-corrected chi connectivity index (χ3v) is 2.65. The maximum atomic E-state index is 12.9. The van der Waals surface area contributed by atoms with Crippen molar-refractivity contribution in [3.8, 4) is 0 Å². The largest absolute Gasteiger partial charge is 0.314 e. The van der Waals surface area contributed by atoms with Gasteiger partial charge in [0, 0.05) is 25.7 Å². The van der Waals surface area contributed by atoms with Crippen LogP contribution in [0.15, 0.2) is 18.2 Å². The van der Waals surface area contributed by atoms with Crippen molar-refractivity contribution in [1.82, 2.24) is 10.6 Å². The van der Waals surface area contributed by atoms with Crippen molar-refractivity contribution < 1.29 is 4.39 Å². The van der Waals surface area contributed by atoms with Gasteiger partial charge in [-0.25, -0.2) is 4.39 Å². The van der Waals surface area contributed by atoms with Crippen molar-refractivity contribution in [2.75, 3.05) is 19.6 Å². The number of piperazine rings is 1. The molecular formula is C11H16ClFN2. The van der Waals surface area contributed by atoms with Gasteiger partial charge < -0.3 is 10.6 Å². The molecule has 1 aliphatic rings. The van der Waals surface area contributed by atoms with Crippen molar-refractivity contribution in [3.63, 3.8) is 0 Å². The monoisotopic (exact) mass is 230 g/mol. The zero-order valence-corrected chi connectivity index (χ0v) is 9.53. The Balaban J connectivity index is 0.00000112. The Morgan fingerprint density at radius 1 is 1.33 bits per heavy atom. The molecule has 2 rings (SSSR count). The Morgan fingerprint density at radius 3 is 2.73 bits per heavy atom. The maximum absolute atomic E-state index is 12.9. The molecule has 2 nitrogen and oxygen atoms in total. The van der Waals surface area contributed by atoms with Crippen molar-refractivity contribution in [3.05, 3.63) is 35.1 Å². The van der Waals surface area contributed by atoms with Crippen LogP contribution in [0.4, 0.5) is 4.39 Å². The molecule has 0 saturated carbocycles. The molecule has 1 heterocycles. The smallest absolute Gasteiger partial charge is 0.123 e. The van der Waals surface area contributed by atoms with Crippen molar-refractivity contribution in [2.45, 2.75) is 13.0 Å². The first-order valence-electron chi connectivity index (χ1n) is 4.97. The lowest BCUT2D eigenvalue weighted by atomic mass is 10.00. The lowest BCUT2D eigenvalue weighted by Crippen LogP contribution is -2.42. The summed E-state index contributed by atoms with van der Waals surface area (Å²) in [7, 11) is 0. The van der Waals surface area contributed by atoms with Gasteiger partial charge in [0.25, 0.3) is 0 Å². The predicted molar refractivity (Wildman–Crippen MR) is 62.0 cm³/mol. The summed E-state index contributed by atoms with van der Waals surface area (Å²) < 4.78 is 12.9. The molecule has 0 amide bonds. The first-order valence-corrected chi connectivity index (χ1v) is 4.97. The van der Waals surface area contributed by atoms with Crippen molar-refractivity contribution >= 4 is 12.4 Å². The predicted octanol–water partition coefficient (Wildman–Crippen LogP) is 1.79. The Hall–Kier alpha value is -0.640. The Kier molecular flexibility index (Phi) is 4.51. The highest BCUT2D eigenvalue weighted by atomic mass is 35.5. The normalized spacial score (nSPS) is 20.8. The van der Waals surface area contributed by atoms with Crippen LogP contribution < -0.4 is 10.6 Å². The van der Waals surface area contributed by atoms with E-state index in [1.807, 2.05) is 13.0 Å². The number of halogens is 2. The van der Waals surface area contributed by atoms with E-state index < -0.39 is 0 Å². The zero-order chi connectivity index (χ0) is 9.97. The second-order valence-corrected chi connectivity index (χ2v) is 3.71. The van der Waals surface area contributed by atoms with Crippen LogP contribution in [0.5, 0.6) is 0 Å². The fourth-order valence-electron chi connectivity index (χ4n) is 1.90. The van der Waals surface area contributed by atoms with Crippen LogP contribution in [0, 0.1) is 12.7 Å². The number of aryl methyl sites for hydroxylation is 1. The van der Waals surface area contributed by atoms with Crippen LogP contribution in [0.2, 0.25) is 0 Å². The molecule has 1 atom stereocenters. The van der Waals surface area contributed by atoms with E-state index in [1.54, 1.807) is 6.07 Å². The molecule has 84 valence electrons. The second kappa shape index (κ2) is 5.45. The number of hydrogen-bond acceptors (Lipinski definition) is 2. The van der Waals surface area contributed by atoms with E-state index in [-0.39, 0.29) is 18.2 Å². The number of rotatable bonds is 1. The molecule has 1 fully saturated rings. The molecule has 2 N–H and O–H groups in total. The van der Waals surface area contributed by atoms with Gasteiger partial charge in [0.1, 0.15) is 5.82 Å². The van der Waals surface area contributed by atoms with Gasteiger partial charge in [-0.2, -0.15) is 0 Å². The van der Waals surface area contributed by atoms with E-state index in [2.05, 4.69) is 10.6 Å². The summed E-state index contributed by atoms with van der Waals surface area (Å²) in [5.74, 6) is -0.157.